The summed E-state index contributed by atoms with van der Waals surface area (Å²) in [5.74, 6) is 0.534. The van der Waals surface area contributed by atoms with Crippen LogP contribution in [0, 0.1) is 19.1 Å². The molecule has 0 aliphatic heterocycles. The van der Waals surface area contributed by atoms with E-state index in [1.807, 2.05) is 48.7 Å². The molecule has 7 aromatic rings. The van der Waals surface area contributed by atoms with Gasteiger partial charge in [0.2, 0.25) is 0 Å². The Morgan fingerprint density at radius 2 is 1.50 bits per heavy atom. The van der Waals surface area contributed by atoms with E-state index in [0.717, 1.165) is 44.5 Å². The third kappa shape index (κ3) is 7.13. The van der Waals surface area contributed by atoms with Crippen molar-refractivity contribution in [3.8, 4) is 33.6 Å². The molecule has 7 rings (SSSR count). The molecule has 0 amide bonds. The van der Waals surface area contributed by atoms with E-state index in [0.29, 0.717) is 5.92 Å². The molecule has 0 aliphatic rings. The third-order valence-electron chi connectivity index (χ3n) is 8.06. The Kier molecular flexibility index (Phi) is 10.2. The number of aromatic nitrogens is 2. The quantitative estimate of drug-likeness (QED) is 0.129. The first-order valence-corrected chi connectivity index (χ1v) is 19.0. The molecule has 0 aliphatic carbocycles. The fourth-order valence-corrected chi connectivity index (χ4v) is 7.37. The summed E-state index contributed by atoms with van der Waals surface area (Å²) >= 11 is 0. The molecular weight excluding hydrogens is 757 g/mol. The molecule has 3 aromatic heterocycles. The number of pyridine rings is 2. The summed E-state index contributed by atoms with van der Waals surface area (Å²) in [5.41, 5.74) is 10.6. The molecule has 0 fully saturated rings. The van der Waals surface area contributed by atoms with Gasteiger partial charge in [0.05, 0.1) is 13.7 Å². The van der Waals surface area contributed by atoms with Crippen LogP contribution in [0.25, 0.3) is 55.6 Å². The van der Waals surface area contributed by atoms with Gasteiger partial charge >= 0.3 is 0 Å². The number of furan rings is 1. The molecule has 46 heavy (non-hydrogen) atoms. The van der Waals surface area contributed by atoms with Gasteiger partial charge in [0.15, 0.2) is 0 Å². The van der Waals surface area contributed by atoms with E-state index in [4.69, 9.17) is 4.42 Å². The van der Waals surface area contributed by atoms with E-state index in [1.165, 1.54) is 27.4 Å². The maximum absolute atomic E-state index is 6.20. The Hall–Kier alpha value is -4.15. The summed E-state index contributed by atoms with van der Waals surface area (Å²) < 4.78 is 6.20. The predicted octanol–water partition coefficient (Wildman–Crippen LogP) is 10.6. The van der Waals surface area contributed by atoms with Crippen molar-refractivity contribution >= 4 is 35.2 Å². The minimum Gasteiger partial charge on any atom is -0.501 e. The molecule has 233 valence electrons. The molecule has 0 saturated carbocycles. The van der Waals surface area contributed by atoms with Gasteiger partial charge in [-0.05, 0) is 58.7 Å². The predicted molar refractivity (Wildman–Crippen MR) is 192 cm³/mol. The van der Waals surface area contributed by atoms with Gasteiger partial charge in [-0.25, -0.2) is 0 Å². The SMILES string of the molecule is CC(C)c1cc(-c2[c-]cccc2)ncc1[Si](C)(C)C.Cc1ccnc(-c2[c-]ccc3c2oc2ccc(-c4ccccc4)cc23)c1.[Ir]. The third-order valence-corrected chi connectivity index (χ3v) is 10.1. The summed E-state index contributed by atoms with van der Waals surface area (Å²) in [6.07, 6.45) is 3.92. The van der Waals surface area contributed by atoms with Crippen LogP contribution in [-0.4, -0.2) is 18.0 Å². The van der Waals surface area contributed by atoms with Crippen LogP contribution in [0.3, 0.4) is 0 Å². The van der Waals surface area contributed by atoms with Crippen molar-refractivity contribution in [1.29, 1.82) is 0 Å². The Morgan fingerprint density at radius 3 is 2.20 bits per heavy atom. The summed E-state index contributed by atoms with van der Waals surface area (Å²) in [6, 6.07) is 41.7. The molecule has 5 heteroatoms. The Morgan fingerprint density at radius 1 is 0.717 bits per heavy atom. The van der Waals surface area contributed by atoms with Gasteiger partial charge in [0.1, 0.15) is 5.58 Å². The van der Waals surface area contributed by atoms with Gasteiger partial charge in [0.25, 0.3) is 0 Å². The van der Waals surface area contributed by atoms with Crippen LogP contribution in [0.2, 0.25) is 19.6 Å². The van der Waals surface area contributed by atoms with Crippen molar-refractivity contribution in [2.75, 3.05) is 0 Å². The zero-order chi connectivity index (χ0) is 31.6. The Balaban J connectivity index is 0.000000187. The Bertz CT molecular complexity index is 2080. The standard InChI is InChI=1S/C24H16NO.C17H22NSi.Ir/c1-16-12-13-25-22(14-16)20-9-5-8-19-21-15-18(17-6-3-2-4-7-17)10-11-23(21)26-24(19)20;1-13(2)15-11-16(14-9-7-6-8-10-14)18-12-17(15)19(3,4)5;/h2-8,10-15H,1H3;6-9,11-13H,1-5H3;/q2*-1;. The summed E-state index contributed by atoms with van der Waals surface area (Å²) in [6.45, 7) is 13.7. The number of hydrogen-bond donors (Lipinski definition) is 0. The average molecular weight is 795 g/mol. The van der Waals surface area contributed by atoms with Gasteiger partial charge in [-0.1, -0.05) is 104 Å². The van der Waals surface area contributed by atoms with Crippen molar-refractivity contribution in [3.63, 3.8) is 0 Å². The van der Waals surface area contributed by atoms with E-state index in [-0.39, 0.29) is 20.1 Å². The molecule has 3 heterocycles. The molecule has 0 bridgehead atoms. The first-order valence-electron chi connectivity index (χ1n) is 15.5. The first-order chi connectivity index (χ1) is 21.7. The maximum Gasteiger partial charge on any atom is 0.120 e. The van der Waals surface area contributed by atoms with Crippen LogP contribution in [0.1, 0.15) is 30.9 Å². The number of aryl methyl sites for hydroxylation is 1. The topological polar surface area (TPSA) is 38.9 Å². The molecule has 0 N–H and O–H groups in total. The van der Waals surface area contributed by atoms with Crippen LogP contribution >= 0.6 is 0 Å². The zero-order valence-electron chi connectivity index (χ0n) is 27.2. The Labute approximate surface area is 287 Å². The van der Waals surface area contributed by atoms with Crippen LogP contribution in [0.4, 0.5) is 0 Å². The minimum atomic E-state index is -1.34. The van der Waals surface area contributed by atoms with Crippen molar-refractivity contribution in [3.05, 3.63) is 139 Å². The van der Waals surface area contributed by atoms with E-state index >= 15 is 0 Å². The minimum absolute atomic E-state index is 0. The number of benzene rings is 4. The van der Waals surface area contributed by atoms with Crippen LogP contribution < -0.4 is 5.19 Å². The van der Waals surface area contributed by atoms with E-state index in [2.05, 4.69) is 129 Å². The number of fused-ring (bicyclic) bond motifs is 3. The van der Waals surface area contributed by atoms with E-state index in [9.17, 15) is 0 Å². The molecular formula is C41H38IrN2OSi-2. The molecule has 1 radical (unpaired) electrons. The molecule has 0 atom stereocenters. The average Bonchev–Trinajstić information content (AvgIpc) is 3.43. The molecule has 0 unspecified atom stereocenters. The van der Waals surface area contributed by atoms with Gasteiger partial charge in [-0.3, -0.25) is 0 Å². The second-order valence-electron chi connectivity index (χ2n) is 12.8. The smallest absolute Gasteiger partial charge is 0.120 e. The number of nitrogens with zero attached hydrogens (tertiary/aromatic N) is 2. The van der Waals surface area contributed by atoms with Gasteiger partial charge in [-0.2, -0.15) is 0 Å². The van der Waals surface area contributed by atoms with Crippen molar-refractivity contribution in [2.45, 2.75) is 46.3 Å². The molecule has 3 nitrogen and oxygen atoms in total. The maximum atomic E-state index is 6.20. The zero-order valence-corrected chi connectivity index (χ0v) is 30.6. The molecule has 0 saturated heterocycles. The monoisotopic (exact) mass is 795 g/mol. The molecule has 4 aromatic carbocycles. The summed E-state index contributed by atoms with van der Waals surface area (Å²) in [4.78, 5) is 9.17. The largest absolute Gasteiger partial charge is 0.501 e. The fraction of sp³-hybridized carbons (Fsp3) is 0.171. The van der Waals surface area contributed by atoms with Crippen molar-refractivity contribution in [2.24, 2.45) is 0 Å². The second-order valence-corrected chi connectivity index (χ2v) is 17.9. The van der Waals surface area contributed by atoms with Gasteiger partial charge < -0.3 is 14.4 Å². The van der Waals surface area contributed by atoms with Crippen LogP contribution in [0.5, 0.6) is 0 Å². The normalized spacial score (nSPS) is 11.3. The van der Waals surface area contributed by atoms with Gasteiger partial charge in [-0.15, -0.1) is 54.1 Å². The van der Waals surface area contributed by atoms with Crippen LogP contribution in [0.15, 0.2) is 120 Å². The van der Waals surface area contributed by atoms with Crippen molar-refractivity contribution < 1.29 is 24.5 Å². The fourth-order valence-electron chi connectivity index (χ4n) is 5.69. The number of hydrogen-bond acceptors (Lipinski definition) is 3. The summed E-state index contributed by atoms with van der Waals surface area (Å²) in [5, 5.41) is 3.68. The summed E-state index contributed by atoms with van der Waals surface area (Å²) in [7, 11) is -1.34. The van der Waals surface area contributed by atoms with E-state index in [1.54, 1.807) is 0 Å². The van der Waals surface area contributed by atoms with E-state index < -0.39 is 8.07 Å². The second kappa shape index (κ2) is 14.1. The molecule has 0 spiro atoms. The van der Waals surface area contributed by atoms with Crippen molar-refractivity contribution in [1.82, 2.24) is 9.97 Å². The number of rotatable bonds is 5. The first kappa shape index (κ1) is 33.2. The van der Waals surface area contributed by atoms with Gasteiger partial charge in [0, 0.05) is 37.9 Å². The van der Waals surface area contributed by atoms with Crippen LogP contribution in [-0.2, 0) is 20.1 Å².